The molecule has 3 rings (SSSR count). The second-order valence-corrected chi connectivity index (χ2v) is 9.40. The number of carbonyl (C=O) groups is 2. The number of hydrogen-bond acceptors (Lipinski definition) is 5. The normalized spacial score (nSPS) is 19.6. The number of amides is 2. The summed E-state index contributed by atoms with van der Waals surface area (Å²) in [5.74, 6) is -0.423. The molecule has 0 spiro atoms. The summed E-state index contributed by atoms with van der Waals surface area (Å²) >= 11 is 6.17. The van der Waals surface area contributed by atoms with Crippen LogP contribution in [0.25, 0.3) is 0 Å². The molecule has 6 nitrogen and oxygen atoms in total. The van der Waals surface area contributed by atoms with Crippen LogP contribution >= 0.6 is 11.6 Å². The number of cyclic esters (lactones) is 1. The second kappa shape index (κ2) is 7.56. The Morgan fingerprint density at radius 2 is 2.04 bits per heavy atom. The minimum absolute atomic E-state index is 0.0376. The first-order valence-electron chi connectivity index (χ1n) is 8.75. The van der Waals surface area contributed by atoms with E-state index in [0.29, 0.717) is 17.9 Å². The van der Waals surface area contributed by atoms with E-state index in [4.69, 9.17) is 16.3 Å². The zero-order chi connectivity index (χ0) is 18.9. The lowest BCUT2D eigenvalue weighted by molar-refractivity contribution is -0.129. The van der Waals surface area contributed by atoms with Gasteiger partial charge in [0.05, 0.1) is 22.4 Å². The summed E-state index contributed by atoms with van der Waals surface area (Å²) in [4.78, 5) is 26.0. The minimum atomic E-state index is -3.44. The molecule has 0 N–H and O–H groups in total. The van der Waals surface area contributed by atoms with E-state index in [1.54, 1.807) is 6.07 Å². The van der Waals surface area contributed by atoms with Crippen molar-refractivity contribution < 1.29 is 22.7 Å². The van der Waals surface area contributed by atoms with Crippen LogP contribution in [0.1, 0.15) is 43.6 Å². The smallest absolute Gasteiger partial charge is 0.416 e. The Hall–Kier alpha value is -1.60. The molecule has 1 heterocycles. The molecule has 2 aliphatic rings. The highest BCUT2D eigenvalue weighted by Gasteiger charge is 2.36. The van der Waals surface area contributed by atoms with Crippen LogP contribution in [0.15, 0.2) is 23.1 Å². The van der Waals surface area contributed by atoms with Crippen molar-refractivity contribution in [3.8, 4) is 0 Å². The Kier molecular flexibility index (Phi) is 5.58. The molecule has 0 bridgehead atoms. The van der Waals surface area contributed by atoms with Crippen LogP contribution in [-0.4, -0.2) is 44.7 Å². The topological polar surface area (TPSA) is 80.8 Å². The Labute approximate surface area is 158 Å². The van der Waals surface area contributed by atoms with Crippen LogP contribution in [0.3, 0.4) is 0 Å². The quantitative estimate of drug-likeness (QED) is 0.758. The van der Waals surface area contributed by atoms with Crippen LogP contribution < -0.4 is 0 Å². The van der Waals surface area contributed by atoms with Crippen molar-refractivity contribution >= 4 is 33.4 Å². The number of rotatable bonds is 5. The molecule has 1 saturated carbocycles. The fourth-order valence-electron chi connectivity index (χ4n) is 3.78. The van der Waals surface area contributed by atoms with Crippen molar-refractivity contribution in [2.45, 2.75) is 42.9 Å². The van der Waals surface area contributed by atoms with E-state index in [9.17, 15) is 18.0 Å². The van der Waals surface area contributed by atoms with Gasteiger partial charge >= 0.3 is 6.09 Å². The molecule has 1 saturated heterocycles. The van der Waals surface area contributed by atoms with Crippen LogP contribution in [0, 0.1) is 5.92 Å². The van der Waals surface area contributed by atoms with E-state index in [-0.39, 0.29) is 29.0 Å². The zero-order valence-electron chi connectivity index (χ0n) is 14.6. The molecule has 2 amide bonds. The van der Waals surface area contributed by atoms with Gasteiger partial charge < -0.3 is 4.74 Å². The van der Waals surface area contributed by atoms with Crippen molar-refractivity contribution in [3.63, 3.8) is 0 Å². The summed E-state index contributed by atoms with van der Waals surface area (Å²) in [6.07, 6.45) is 5.50. The third kappa shape index (κ3) is 4.04. The summed E-state index contributed by atoms with van der Waals surface area (Å²) in [7, 11) is -3.44. The van der Waals surface area contributed by atoms with Gasteiger partial charge in [0.2, 0.25) is 5.91 Å². The standard InChI is InChI=1S/C18H22ClNO5S/c1-26(23,24)16-7-6-13(11-15(16)19)14(10-12-4-2-3-5-12)17(21)20-8-9-25-18(20)22/h6-7,11-12,14H,2-5,8-10H2,1H3/t14-/m1/s1. The summed E-state index contributed by atoms with van der Waals surface area (Å²) in [6.45, 7) is 0.447. The van der Waals surface area contributed by atoms with Gasteiger partial charge in [-0.2, -0.15) is 0 Å². The maximum atomic E-state index is 13.0. The molecule has 2 fully saturated rings. The minimum Gasteiger partial charge on any atom is -0.447 e. The Bertz CT molecular complexity index is 817. The lowest BCUT2D eigenvalue weighted by atomic mass is 9.87. The van der Waals surface area contributed by atoms with Crippen LogP contribution in [-0.2, 0) is 19.4 Å². The Morgan fingerprint density at radius 3 is 2.58 bits per heavy atom. The van der Waals surface area contributed by atoms with Crippen LogP contribution in [0.2, 0.25) is 5.02 Å². The Balaban J connectivity index is 1.93. The third-order valence-electron chi connectivity index (χ3n) is 5.13. The highest BCUT2D eigenvalue weighted by Crippen LogP contribution is 2.37. The van der Waals surface area contributed by atoms with Gasteiger partial charge in [0.25, 0.3) is 0 Å². The van der Waals surface area contributed by atoms with Crippen LogP contribution in [0.5, 0.6) is 0 Å². The SMILES string of the molecule is CS(=O)(=O)c1ccc([C@@H](CC2CCCC2)C(=O)N2CCOC2=O)cc1Cl. The number of halogens is 1. The first-order chi connectivity index (χ1) is 12.3. The van der Waals surface area contributed by atoms with E-state index < -0.39 is 21.8 Å². The molecule has 8 heteroatoms. The van der Waals surface area contributed by atoms with E-state index in [1.165, 1.54) is 12.1 Å². The van der Waals surface area contributed by atoms with Gasteiger partial charge in [-0.15, -0.1) is 0 Å². The highest BCUT2D eigenvalue weighted by molar-refractivity contribution is 7.90. The van der Waals surface area contributed by atoms with Gasteiger partial charge in [0.1, 0.15) is 6.61 Å². The monoisotopic (exact) mass is 399 g/mol. The molecular formula is C18H22ClNO5S. The molecule has 142 valence electrons. The molecule has 1 aliphatic heterocycles. The number of ether oxygens (including phenoxy) is 1. The average Bonchev–Trinajstić information content (AvgIpc) is 3.22. The highest BCUT2D eigenvalue weighted by atomic mass is 35.5. The first-order valence-corrected chi connectivity index (χ1v) is 11.0. The number of imide groups is 1. The molecule has 1 atom stereocenters. The third-order valence-corrected chi connectivity index (χ3v) is 6.71. The molecule has 0 aromatic heterocycles. The lowest BCUT2D eigenvalue weighted by Crippen LogP contribution is -2.36. The zero-order valence-corrected chi connectivity index (χ0v) is 16.2. The van der Waals surface area contributed by atoms with Gasteiger partial charge in [-0.1, -0.05) is 43.4 Å². The summed E-state index contributed by atoms with van der Waals surface area (Å²) in [5, 5.41) is 0.0956. The van der Waals surface area contributed by atoms with E-state index >= 15 is 0 Å². The lowest BCUT2D eigenvalue weighted by Gasteiger charge is -2.24. The van der Waals surface area contributed by atoms with Crippen molar-refractivity contribution in [2.24, 2.45) is 5.92 Å². The predicted octanol–water partition coefficient (Wildman–Crippen LogP) is 3.39. The van der Waals surface area contributed by atoms with Crippen molar-refractivity contribution in [2.75, 3.05) is 19.4 Å². The van der Waals surface area contributed by atoms with Gasteiger partial charge in [-0.05, 0) is 30.0 Å². The molecule has 0 unspecified atom stereocenters. The fraction of sp³-hybridized carbons (Fsp3) is 0.556. The van der Waals surface area contributed by atoms with Gasteiger partial charge in [0.15, 0.2) is 9.84 Å². The van der Waals surface area contributed by atoms with Crippen molar-refractivity contribution in [1.29, 1.82) is 0 Å². The summed E-state index contributed by atoms with van der Waals surface area (Å²) in [5.41, 5.74) is 0.638. The maximum Gasteiger partial charge on any atom is 0.416 e. The molecular weight excluding hydrogens is 378 g/mol. The van der Waals surface area contributed by atoms with Crippen LogP contribution in [0.4, 0.5) is 4.79 Å². The summed E-state index contributed by atoms with van der Waals surface area (Å²) in [6, 6.07) is 4.60. The molecule has 26 heavy (non-hydrogen) atoms. The van der Waals surface area contributed by atoms with Gasteiger partial charge in [-0.25, -0.2) is 18.1 Å². The summed E-state index contributed by atoms with van der Waals surface area (Å²) < 4.78 is 28.4. The maximum absolute atomic E-state index is 13.0. The molecule has 1 aromatic rings. The first kappa shape index (κ1) is 19.2. The molecule has 1 aliphatic carbocycles. The fourth-order valence-corrected chi connectivity index (χ4v) is 5.11. The van der Waals surface area contributed by atoms with Crippen molar-refractivity contribution in [3.05, 3.63) is 28.8 Å². The molecule has 0 radical (unpaired) electrons. The number of nitrogens with zero attached hydrogens (tertiary/aromatic N) is 1. The largest absolute Gasteiger partial charge is 0.447 e. The Morgan fingerprint density at radius 1 is 1.35 bits per heavy atom. The number of hydrogen-bond donors (Lipinski definition) is 0. The van der Waals surface area contributed by atoms with E-state index in [0.717, 1.165) is 36.8 Å². The number of carbonyl (C=O) groups excluding carboxylic acids is 2. The number of sulfone groups is 1. The second-order valence-electron chi connectivity index (χ2n) is 7.01. The van der Waals surface area contributed by atoms with E-state index in [2.05, 4.69) is 0 Å². The van der Waals surface area contributed by atoms with Gasteiger partial charge in [-0.3, -0.25) is 4.79 Å². The molecule has 1 aromatic carbocycles. The van der Waals surface area contributed by atoms with Crippen molar-refractivity contribution in [1.82, 2.24) is 4.90 Å². The van der Waals surface area contributed by atoms with Gasteiger partial charge in [0, 0.05) is 6.26 Å². The average molecular weight is 400 g/mol. The predicted molar refractivity (Wildman–Crippen MR) is 96.9 cm³/mol. The number of benzene rings is 1. The van der Waals surface area contributed by atoms with E-state index in [1.807, 2.05) is 0 Å².